The van der Waals surface area contributed by atoms with Gasteiger partial charge in [-0.2, -0.15) is 11.8 Å². The monoisotopic (exact) mass is 812 g/mol. The Kier molecular flexibility index (Phi) is 19.3. The molecule has 298 valence electrons. The molecule has 54 heavy (non-hydrogen) atoms. The molecule has 2 aromatic carbocycles. The second-order valence-corrected chi connectivity index (χ2v) is 14.4. The van der Waals surface area contributed by atoms with Crippen LogP contribution in [0.2, 0.25) is 10.0 Å². The van der Waals surface area contributed by atoms with Gasteiger partial charge in [-0.25, -0.2) is 4.79 Å². The van der Waals surface area contributed by atoms with Crippen LogP contribution in [0.3, 0.4) is 0 Å². The summed E-state index contributed by atoms with van der Waals surface area (Å²) in [5.41, 5.74) is 0.491. The van der Waals surface area contributed by atoms with E-state index >= 15 is 0 Å². The van der Waals surface area contributed by atoms with Gasteiger partial charge in [-0.15, -0.1) is 0 Å². The van der Waals surface area contributed by atoms with E-state index in [1.807, 2.05) is 11.8 Å². The molecule has 3 atom stereocenters. The van der Waals surface area contributed by atoms with Gasteiger partial charge >= 0.3 is 6.03 Å². The highest BCUT2D eigenvalue weighted by Crippen LogP contribution is 2.40. The van der Waals surface area contributed by atoms with Crippen molar-refractivity contribution in [2.75, 3.05) is 83.6 Å². The van der Waals surface area contributed by atoms with E-state index in [9.17, 15) is 24.3 Å². The largest absolute Gasteiger partial charge is 0.545 e. The van der Waals surface area contributed by atoms with Gasteiger partial charge in [0.2, 0.25) is 11.8 Å². The van der Waals surface area contributed by atoms with Crippen molar-refractivity contribution in [1.29, 1.82) is 0 Å². The number of carbonyl (C=O) groups is 4. The first-order valence-corrected chi connectivity index (χ1v) is 19.7. The first-order valence-electron chi connectivity index (χ1n) is 17.9. The van der Waals surface area contributed by atoms with Crippen molar-refractivity contribution in [3.63, 3.8) is 0 Å². The fourth-order valence-electron chi connectivity index (χ4n) is 5.66. The molecule has 0 radical (unpaired) electrons. The lowest BCUT2D eigenvalue weighted by atomic mass is 10.0. The summed E-state index contributed by atoms with van der Waals surface area (Å²) in [5, 5.41) is 26.8. The van der Waals surface area contributed by atoms with Gasteiger partial charge in [-0.1, -0.05) is 47.8 Å². The Labute approximate surface area is 329 Å². The van der Waals surface area contributed by atoms with E-state index in [1.165, 1.54) is 6.07 Å². The van der Waals surface area contributed by atoms with Gasteiger partial charge in [0.05, 0.1) is 88.2 Å². The number of carbonyl (C=O) groups excluding carboxylic acids is 4. The third kappa shape index (κ3) is 15.0. The van der Waals surface area contributed by atoms with Crippen molar-refractivity contribution in [2.45, 2.75) is 49.4 Å². The minimum atomic E-state index is -1.35. The number of rotatable bonds is 27. The molecule has 2 aliphatic heterocycles. The summed E-state index contributed by atoms with van der Waals surface area (Å²) in [6.07, 6.45) is 3.41. The molecular formula is C36H48Cl2N5O10S-. The standard InChI is InChI=1S/C36H49Cl2N5O10S/c37-25-9-10-28(32(38)33(25)41-26-6-2-1-5-24(26)35(46)47)53-16-13-40-31(45)11-14-49-17-19-51-21-22-52-20-18-50-15-12-39-30(44)8-4-3-7-29-34-27(23-54-29)42-36(48)43-34/h1-2,5-6,9-10,27,29,34,41H,3-4,7-8,11-23H2,(H,39,44)(H,40,45)(H,46,47)(H2,42,43,48)/p-1/t27-,29-,34-/m0/s1. The van der Waals surface area contributed by atoms with Crippen LogP contribution in [0, 0.1) is 0 Å². The van der Waals surface area contributed by atoms with E-state index in [0.29, 0.717) is 70.2 Å². The first kappa shape index (κ1) is 43.2. The molecule has 0 saturated carbocycles. The smallest absolute Gasteiger partial charge is 0.315 e. The van der Waals surface area contributed by atoms with Crippen LogP contribution >= 0.6 is 35.0 Å². The number of unbranched alkanes of at least 4 members (excludes halogenated alkanes) is 1. The highest BCUT2D eigenvalue weighted by molar-refractivity contribution is 8.00. The normalized spacial score (nSPS) is 17.4. The van der Waals surface area contributed by atoms with E-state index in [-0.39, 0.29) is 83.1 Å². The number of halogens is 2. The van der Waals surface area contributed by atoms with Crippen LogP contribution in [0.1, 0.15) is 42.5 Å². The van der Waals surface area contributed by atoms with Crippen molar-refractivity contribution >= 4 is 70.2 Å². The molecule has 18 heteroatoms. The third-order valence-corrected chi connectivity index (χ3v) is 10.6. The second-order valence-electron chi connectivity index (χ2n) is 12.3. The fourth-order valence-corrected chi connectivity index (χ4v) is 7.72. The van der Waals surface area contributed by atoms with Gasteiger partial charge in [0.15, 0.2) is 0 Å². The molecular weight excluding hydrogens is 765 g/mol. The number of ether oxygens (including phenoxy) is 5. The average molecular weight is 814 g/mol. The number of fused-ring (bicyclic) bond motifs is 1. The van der Waals surface area contributed by atoms with Crippen LogP contribution in [-0.2, 0) is 28.5 Å². The first-order chi connectivity index (χ1) is 26.2. The fraction of sp³-hybridized carbons (Fsp3) is 0.556. The van der Waals surface area contributed by atoms with Crippen molar-refractivity contribution in [2.24, 2.45) is 0 Å². The quantitative estimate of drug-likeness (QED) is 0.0655. The maximum absolute atomic E-state index is 12.1. The molecule has 2 aliphatic rings. The molecule has 5 N–H and O–H groups in total. The Morgan fingerprint density at radius 2 is 1.44 bits per heavy atom. The molecule has 0 bridgehead atoms. The van der Waals surface area contributed by atoms with E-state index in [4.69, 9.17) is 46.9 Å². The van der Waals surface area contributed by atoms with Crippen LogP contribution in [0.5, 0.6) is 5.75 Å². The van der Waals surface area contributed by atoms with E-state index in [0.717, 1.165) is 25.0 Å². The van der Waals surface area contributed by atoms with Gasteiger partial charge in [-0.05, 0) is 31.0 Å². The summed E-state index contributed by atoms with van der Waals surface area (Å²) in [5.74, 6) is -0.286. The van der Waals surface area contributed by atoms with Gasteiger partial charge in [0.25, 0.3) is 0 Å². The number of hydrogen-bond donors (Lipinski definition) is 5. The zero-order valence-corrected chi connectivity index (χ0v) is 32.3. The molecule has 2 saturated heterocycles. The minimum Gasteiger partial charge on any atom is -0.545 e. The number of para-hydroxylation sites is 1. The zero-order chi connectivity index (χ0) is 38.5. The molecule has 15 nitrogen and oxygen atoms in total. The van der Waals surface area contributed by atoms with Crippen LogP contribution < -0.4 is 36.4 Å². The van der Waals surface area contributed by atoms with Gasteiger partial charge < -0.3 is 60.2 Å². The lowest BCUT2D eigenvalue weighted by molar-refractivity contribution is -0.254. The molecule has 4 amide bonds. The summed E-state index contributed by atoms with van der Waals surface area (Å²) >= 11 is 14.7. The Bertz CT molecular complexity index is 1530. The van der Waals surface area contributed by atoms with Crippen molar-refractivity contribution in [3.05, 3.63) is 52.0 Å². The van der Waals surface area contributed by atoms with Crippen LogP contribution in [0.25, 0.3) is 0 Å². The van der Waals surface area contributed by atoms with E-state index < -0.39 is 5.97 Å². The number of urea groups is 1. The lowest BCUT2D eigenvalue weighted by Gasteiger charge is -2.17. The lowest BCUT2D eigenvalue weighted by Crippen LogP contribution is -2.36. The maximum atomic E-state index is 12.1. The Morgan fingerprint density at radius 3 is 2.17 bits per heavy atom. The predicted octanol–water partition coefficient (Wildman–Crippen LogP) is 2.89. The highest BCUT2D eigenvalue weighted by atomic mass is 35.5. The van der Waals surface area contributed by atoms with Crippen molar-refractivity contribution in [3.8, 4) is 5.75 Å². The number of anilines is 2. The van der Waals surface area contributed by atoms with E-state index in [2.05, 4.69) is 26.6 Å². The SMILES string of the molecule is O=C(CCCC[C@@H]1SC[C@@H]2NC(=O)N[C@@H]21)NCCOCCOCCOCCOCCC(=O)NCCOc1ccc(Cl)c(Nc2ccccc2C(=O)[O-])c1Cl. The third-order valence-electron chi connectivity index (χ3n) is 8.38. The number of thioether (sulfide) groups is 1. The number of carboxylic acid groups (broad SMARTS) is 1. The number of amides is 4. The minimum absolute atomic E-state index is 0.0167. The number of hydrogen-bond acceptors (Lipinski definition) is 12. The topological polar surface area (TPSA) is 198 Å². The number of aromatic carboxylic acids is 1. The summed E-state index contributed by atoms with van der Waals surface area (Å²) < 4.78 is 27.6. The maximum Gasteiger partial charge on any atom is 0.315 e. The summed E-state index contributed by atoms with van der Waals surface area (Å²) in [6.45, 7) is 3.78. The molecule has 2 aromatic rings. The summed E-state index contributed by atoms with van der Waals surface area (Å²) in [4.78, 5) is 47.1. The molecule has 0 aromatic heterocycles. The van der Waals surface area contributed by atoms with Gasteiger partial charge in [0.1, 0.15) is 17.4 Å². The second kappa shape index (κ2) is 24.1. The number of benzene rings is 2. The van der Waals surface area contributed by atoms with Crippen molar-refractivity contribution in [1.82, 2.24) is 21.3 Å². The molecule has 0 unspecified atom stereocenters. The van der Waals surface area contributed by atoms with Crippen molar-refractivity contribution < 1.29 is 48.0 Å². The highest BCUT2D eigenvalue weighted by Gasteiger charge is 2.42. The number of nitrogens with one attached hydrogen (secondary N) is 5. The Morgan fingerprint density at radius 1 is 0.796 bits per heavy atom. The van der Waals surface area contributed by atoms with Gasteiger partial charge in [0, 0.05) is 41.6 Å². The average Bonchev–Trinajstić information content (AvgIpc) is 3.71. The molecule has 0 aliphatic carbocycles. The molecule has 2 fully saturated rings. The Balaban J connectivity index is 0.898. The Hall–Kier alpha value is -3.51. The van der Waals surface area contributed by atoms with E-state index in [1.54, 1.807) is 30.3 Å². The molecule has 0 spiro atoms. The number of carboxylic acids is 1. The van der Waals surface area contributed by atoms with Gasteiger partial charge in [-0.3, -0.25) is 9.59 Å². The zero-order valence-electron chi connectivity index (χ0n) is 30.0. The van der Waals surface area contributed by atoms with Crippen LogP contribution in [0.4, 0.5) is 16.2 Å². The summed E-state index contributed by atoms with van der Waals surface area (Å²) in [7, 11) is 0. The van der Waals surface area contributed by atoms with Crippen LogP contribution in [0.15, 0.2) is 36.4 Å². The predicted molar refractivity (Wildman–Crippen MR) is 204 cm³/mol. The van der Waals surface area contributed by atoms with Crippen LogP contribution in [-0.4, -0.2) is 119 Å². The molecule has 4 rings (SSSR count). The molecule has 2 heterocycles. The summed E-state index contributed by atoms with van der Waals surface area (Å²) in [6, 6.07) is 9.71.